The fourth-order valence-electron chi connectivity index (χ4n) is 2.62. The fraction of sp³-hybridized carbons (Fsp3) is 0.538. The molecule has 0 amide bonds. The van der Waals surface area contributed by atoms with Gasteiger partial charge in [-0.15, -0.1) is 0 Å². The lowest BCUT2D eigenvalue weighted by Gasteiger charge is -2.33. The molecule has 1 aliphatic rings. The van der Waals surface area contributed by atoms with Gasteiger partial charge in [-0.3, -0.25) is 10.1 Å². The van der Waals surface area contributed by atoms with Crippen LogP contribution in [0.4, 0.5) is 15.8 Å². The van der Waals surface area contributed by atoms with E-state index in [2.05, 4.69) is 0 Å². The highest BCUT2D eigenvalue weighted by atomic mass is 127. The Morgan fingerprint density at radius 2 is 2.10 bits per heavy atom. The van der Waals surface area contributed by atoms with Crippen molar-refractivity contribution in [2.75, 3.05) is 24.5 Å². The minimum Gasteiger partial charge on any atom is -0.366 e. The highest BCUT2D eigenvalue weighted by Gasteiger charge is 2.26. The van der Waals surface area contributed by atoms with Gasteiger partial charge in [-0.1, -0.05) is 0 Å². The summed E-state index contributed by atoms with van der Waals surface area (Å²) in [5, 5.41) is 11.1. The number of halogens is 2. The zero-order chi connectivity index (χ0) is 14.7. The maximum Gasteiger partial charge on any atom is 0.293 e. The molecule has 110 valence electrons. The van der Waals surface area contributed by atoms with E-state index < -0.39 is 10.7 Å². The van der Waals surface area contributed by atoms with Crippen LogP contribution < -0.4 is 10.6 Å². The number of nitrogens with zero attached hydrogens (tertiary/aromatic N) is 2. The summed E-state index contributed by atoms with van der Waals surface area (Å²) < 4.78 is 14.0. The van der Waals surface area contributed by atoms with Gasteiger partial charge in [0.1, 0.15) is 11.5 Å². The molecule has 0 spiro atoms. The first-order chi connectivity index (χ1) is 9.52. The van der Waals surface area contributed by atoms with Crippen LogP contribution in [0.3, 0.4) is 0 Å². The quantitative estimate of drug-likeness (QED) is 0.485. The second-order valence-electron chi connectivity index (χ2n) is 5.02. The molecule has 2 rings (SSSR count). The Balaban J connectivity index is 2.21. The number of nitro groups is 1. The Kier molecular flexibility index (Phi) is 5.14. The topological polar surface area (TPSA) is 72.4 Å². The van der Waals surface area contributed by atoms with E-state index in [0.29, 0.717) is 31.2 Å². The van der Waals surface area contributed by atoms with Crippen LogP contribution in [0, 0.1) is 25.4 Å². The number of benzene rings is 1. The summed E-state index contributed by atoms with van der Waals surface area (Å²) in [7, 11) is 0. The standard InChI is InChI=1S/C13H17FIN3O2/c14-10-7-12(13(18(19)20)8-11(10)15)17-5-2-9(1-4-16)3-6-17/h7-9H,1-6,16H2. The molecule has 0 radical (unpaired) electrons. The third-order valence-corrected chi connectivity index (χ3v) is 4.57. The monoisotopic (exact) mass is 393 g/mol. The molecule has 7 heteroatoms. The maximum absolute atomic E-state index is 13.7. The summed E-state index contributed by atoms with van der Waals surface area (Å²) in [6.07, 6.45) is 2.88. The Labute approximate surface area is 130 Å². The van der Waals surface area contributed by atoms with E-state index in [1.54, 1.807) is 22.6 Å². The van der Waals surface area contributed by atoms with Crippen LogP contribution in [-0.4, -0.2) is 24.6 Å². The van der Waals surface area contributed by atoms with Gasteiger partial charge >= 0.3 is 0 Å². The first-order valence-electron chi connectivity index (χ1n) is 6.61. The zero-order valence-corrected chi connectivity index (χ0v) is 13.2. The largest absolute Gasteiger partial charge is 0.366 e. The molecule has 0 bridgehead atoms. The van der Waals surface area contributed by atoms with Crippen molar-refractivity contribution in [3.05, 3.63) is 31.6 Å². The van der Waals surface area contributed by atoms with E-state index in [1.165, 1.54) is 12.1 Å². The van der Waals surface area contributed by atoms with Crippen LogP contribution in [0.1, 0.15) is 19.3 Å². The van der Waals surface area contributed by atoms with Crippen molar-refractivity contribution in [2.24, 2.45) is 11.7 Å². The molecule has 1 heterocycles. The molecule has 0 unspecified atom stereocenters. The van der Waals surface area contributed by atoms with E-state index in [0.717, 1.165) is 19.3 Å². The van der Waals surface area contributed by atoms with Crippen LogP contribution >= 0.6 is 22.6 Å². The first-order valence-corrected chi connectivity index (χ1v) is 7.69. The van der Waals surface area contributed by atoms with E-state index in [9.17, 15) is 14.5 Å². The molecule has 2 N–H and O–H groups in total. The highest BCUT2D eigenvalue weighted by molar-refractivity contribution is 14.1. The molecule has 0 aliphatic carbocycles. The van der Waals surface area contributed by atoms with Crippen molar-refractivity contribution in [1.29, 1.82) is 0 Å². The molecular weight excluding hydrogens is 376 g/mol. The number of rotatable bonds is 4. The van der Waals surface area contributed by atoms with Crippen LogP contribution in [0.5, 0.6) is 0 Å². The molecule has 1 saturated heterocycles. The van der Waals surface area contributed by atoms with Gasteiger partial charge in [0.15, 0.2) is 0 Å². The maximum atomic E-state index is 13.7. The zero-order valence-electron chi connectivity index (χ0n) is 11.0. The van der Waals surface area contributed by atoms with Gasteiger partial charge in [-0.25, -0.2) is 4.39 Å². The van der Waals surface area contributed by atoms with Crippen LogP contribution in [0.2, 0.25) is 0 Å². The normalized spacial score (nSPS) is 16.4. The van der Waals surface area contributed by atoms with Crippen LogP contribution in [0.25, 0.3) is 0 Å². The molecule has 1 aromatic rings. The predicted molar refractivity (Wildman–Crippen MR) is 84.4 cm³/mol. The lowest BCUT2D eigenvalue weighted by Crippen LogP contribution is -2.34. The lowest BCUT2D eigenvalue weighted by atomic mass is 9.93. The van der Waals surface area contributed by atoms with E-state index in [-0.39, 0.29) is 9.26 Å². The second kappa shape index (κ2) is 6.66. The number of nitrogens with two attached hydrogens (primary N) is 1. The van der Waals surface area contributed by atoms with Crippen LogP contribution in [-0.2, 0) is 0 Å². The Hall–Kier alpha value is -0.960. The van der Waals surface area contributed by atoms with E-state index >= 15 is 0 Å². The minimum atomic E-state index is -0.442. The Morgan fingerprint density at radius 3 is 2.65 bits per heavy atom. The highest BCUT2D eigenvalue weighted by Crippen LogP contribution is 2.34. The molecule has 5 nitrogen and oxygen atoms in total. The third-order valence-electron chi connectivity index (χ3n) is 3.74. The summed E-state index contributed by atoms with van der Waals surface area (Å²) in [5.74, 6) is 0.166. The summed E-state index contributed by atoms with van der Waals surface area (Å²) in [5.41, 5.74) is 5.92. The van der Waals surface area contributed by atoms with Crippen molar-refractivity contribution in [2.45, 2.75) is 19.3 Å². The molecule has 20 heavy (non-hydrogen) atoms. The molecule has 1 fully saturated rings. The van der Waals surface area contributed by atoms with Gasteiger partial charge in [0.05, 0.1) is 8.49 Å². The molecule has 1 aliphatic heterocycles. The second-order valence-corrected chi connectivity index (χ2v) is 6.18. The average molecular weight is 393 g/mol. The van der Waals surface area contributed by atoms with Gasteiger partial charge < -0.3 is 10.6 Å². The van der Waals surface area contributed by atoms with Crippen molar-refractivity contribution in [3.8, 4) is 0 Å². The van der Waals surface area contributed by atoms with Gasteiger partial charge in [0, 0.05) is 25.2 Å². The molecule has 0 atom stereocenters. The van der Waals surface area contributed by atoms with Gasteiger partial charge in [0.25, 0.3) is 5.69 Å². The minimum absolute atomic E-state index is 0.0203. The predicted octanol–water partition coefficient (Wildman–Crippen LogP) is 2.90. The molecule has 0 saturated carbocycles. The smallest absolute Gasteiger partial charge is 0.293 e. The summed E-state index contributed by atoms with van der Waals surface area (Å²) in [6, 6.07) is 2.58. The first kappa shape index (κ1) is 15.4. The Morgan fingerprint density at radius 1 is 1.45 bits per heavy atom. The number of piperidine rings is 1. The van der Waals surface area contributed by atoms with Gasteiger partial charge in [-0.05, 0) is 54.3 Å². The van der Waals surface area contributed by atoms with E-state index in [4.69, 9.17) is 5.73 Å². The van der Waals surface area contributed by atoms with Crippen molar-refractivity contribution < 1.29 is 9.31 Å². The molecular formula is C13H17FIN3O2. The summed E-state index contributed by atoms with van der Waals surface area (Å²) in [6.45, 7) is 2.10. The van der Waals surface area contributed by atoms with Crippen molar-refractivity contribution in [3.63, 3.8) is 0 Å². The van der Waals surface area contributed by atoms with E-state index in [1.807, 2.05) is 4.90 Å². The number of hydrogen-bond donors (Lipinski definition) is 1. The Bertz CT molecular complexity index is 505. The molecule has 0 aromatic heterocycles. The number of hydrogen-bond acceptors (Lipinski definition) is 4. The van der Waals surface area contributed by atoms with Crippen molar-refractivity contribution in [1.82, 2.24) is 0 Å². The van der Waals surface area contributed by atoms with Gasteiger partial charge in [-0.2, -0.15) is 0 Å². The number of anilines is 1. The average Bonchev–Trinajstić information content (AvgIpc) is 2.42. The lowest BCUT2D eigenvalue weighted by molar-refractivity contribution is -0.384. The summed E-state index contributed by atoms with van der Waals surface area (Å²) >= 11 is 1.77. The SMILES string of the molecule is NCCC1CCN(c2cc(F)c(I)cc2[N+](=O)[O-])CC1. The fourth-order valence-corrected chi connectivity index (χ4v) is 3.07. The third kappa shape index (κ3) is 3.38. The van der Waals surface area contributed by atoms with Crippen molar-refractivity contribution >= 4 is 34.0 Å². The molecule has 1 aromatic carbocycles. The summed E-state index contributed by atoms with van der Waals surface area (Å²) in [4.78, 5) is 12.6. The van der Waals surface area contributed by atoms with Crippen LogP contribution in [0.15, 0.2) is 12.1 Å². The number of nitro benzene ring substituents is 1. The van der Waals surface area contributed by atoms with Gasteiger partial charge in [0.2, 0.25) is 0 Å².